The molecule has 1 amide bonds. The molecule has 104 valence electrons. The molecule has 1 unspecified atom stereocenters. The third-order valence-corrected chi connectivity index (χ3v) is 5.21. The van der Waals surface area contributed by atoms with Gasteiger partial charge >= 0.3 is 0 Å². The van der Waals surface area contributed by atoms with Gasteiger partial charge < -0.3 is 5.32 Å². The summed E-state index contributed by atoms with van der Waals surface area (Å²) in [6, 6.07) is 6.60. The molecule has 1 atom stereocenters. The fourth-order valence-electron chi connectivity index (χ4n) is 2.42. The van der Waals surface area contributed by atoms with E-state index in [9.17, 15) is 13.2 Å². The highest BCUT2D eigenvalue weighted by molar-refractivity contribution is 7.92. The van der Waals surface area contributed by atoms with Crippen molar-refractivity contribution in [2.24, 2.45) is 0 Å². The first-order valence-electron chi connectivity index (χ1n) is 6.33. The highest BCUT2D eigenvalue weighted by Gasteiger charge is 2.40. The van der Waals surface area contributed by atoms with E-state index < -0.39 is 16.1 Å². The van der Waals surface area contributed by atoms with Crippen molar-refractivity contribution in [1.29, 1.82) is 0 Å². The molecule has 5 nitrogen and oxygen atoms in total. The number of para-hydroxylation sites is 1. The summed E-state index contributed by atoms with van der Waals surface area (Å²) in [7, 11) is -1.93. The van der Waals surface area contributed by atoms with Crippen LogP contribution in [0.25, 0.3) is 0 Å². The minimum atomic E-state index is -3.46. The van der Waals surface area contributed by atoms with E-state index in [1.54, 1.807) is 12.1 Å². The van der Waals surface area contributed by atoms with Crippen LogP contribution in [0.3, 0.4) is 0 Å². The van der Waals surface area contributed by atoms with Gasteiger partial charge in [0, 0.05) is 13.5 Å². The first-order valence-corrected chi connectivity index (χ1v) is 7.93. The van der Waals surface area contributed by atoms with Crippen LogP contribution in [-0.4, -0.2) is 33.2 Å². The van der Waals surface area contributed by atoms with Crippen molar-refractivity contribution >= 4 is 21.6 Å². The Morgan fingerprint density at radius 3 is 2.74 bits per heavy atom. The number of nitrogens with zero attached hydrogens (tertiary/aromatic N) is 1. The maximum atomic E-state index is 12.4. The Morgan fingerprint density at radius 2 is 2.11 bits per heavy atom. The number of fused-ring (bicyclic) bond motifs is 1. The van der Waals surface area contributed by atoms with Gasteiger partial charge in [0.25, 0.3) is 0 Å². The summed E-state index contributed by atoms with van der Waals surface area (Å²) in [5, 5.41) is 2.54. The van der Waals surface area contributed by atoms with Crippen LogP contribution in [0.4, 0.5) is 5.69 Å². The van der Waals surface area contributed by atoms with Gasteiger partial charge in [0.2, 0.25) is 15.9 Å². The molecule has 0 saturated heterocycles. The molecule has 0 bridgehead atoms. The van der Waals surface area contributed by atoms with Crippen LogP contribution in [0.2, 0.25) is 0 Å². The SMILES string of the molecule is CCCS(=O)(=O)N1c2ccccc2CC1C(=O)NC. The van der Waals surface area contributed by atoms with Gasteiger partial charge in [0.15, 0.2) is 0 Å². The number of benzene rings is 1. The van der Waals surface area contributed by atoms with E-state index in [4.69, 9.17) is 0 Å². The van der Waals surface area contributed by atoms with Gasteiger partial charge in [-0.25, -0.2) is 8.42 Å². The van der Waals surface area contributed by atoms with Gasteiger partial charge in [-0.15, -0.1) is 0 Å². The van der Waals surface area contributed by atoms with E-state index in [0.29, 0.717) is 18.5 Å². The second-order valence-electron chi connectivity index (χ2n) is 4.57. The van der Waals surface area contributed by atoms with Crippen molar-refractivity contribution in [3.63, 3.8) is 0 Å². The fourth-order valence-corrected chi connectivity index (χ4v) is 4.17. The topological polar surface area (TPSA) is 66.5 Å². The van der Waals surface area contributed by atoms with Gasteiger partial charge in [-0.3, -0.25) is 9.10 Å². The first-order chi connectivity index (χ1) is 9.01. The van der Waals surface area contributed by atoms with Gasteiger partial charge in [0.05, 0.1) is 11.4 Å². The Bertz CT molecular complexity index is 583. The van der Waals surface area contributed by atoms with E-state index in [0.717, 1.165) is 5.56 Å². The smallest absolute Gasteiger partial charge is 0.244 e. The Kier molecular flexibility index (Phi) is 3.80. The summed E-state index contributed by atoms with van der Waals surface area (Å²) in [5.74, 6) is -0.217. The molecule has 2 rings (SSSR count). The summed E-state index contributed by atoms with van der Waals surface area (Å²) in [6.07, 6.45) is 0.959. The lowest BCUT2D eigenvalue weighted by atomic mass is 10.1. The number of hydrogen-bond acceptors (Lipinski definition) is 3. The maximum Gasteiger partial charge on any atom is 0.244 e. The maximum absolute atomic E-state index is 12.4. The van der Waals surface area contributed by atoms with Gasteiger partial charge in [-0.2, -0.15) is 0 Å². The van der Waals surface area contributed by atoms with Gasteiger partial charge in [0.1, 0.15) is 6.04 Å². The molecular weight excluding hydrogens is 264 g/mol. The zero-order chi connectivity index (χ0) is 14.0. The second kappa shape index (κ2) is 5.21. The van der Waals surface area contributed by atoms with E-state index in [1.165, 1.54) is 11.4 Å². The summed E-state index contributed by atoms with van der Waals surface area (Å²) in [6.45, 7) is 1.81. The Balaban J connectivity index is 2.48. The van der Waals surface area contributed by atoms with E-state index in [2.05, 4.69) is 5.32 Å². The third-order valence-electron chi connectivity index (χ3n) is 3.24. The number of carbonyl (C=O) groups excluding carboxylic acids is 1. The predicted molar refractivity (Wildman–Crippen MR) is 74.6 cm³/mol. The molecule has 6 heteroatoms. The van der Waals surface area contributed by atoms with Crippen LogP contribution in [0.1, 0.15) is 18.9 Å². The number of rotatable bonds is 4. The van der Waals surface area contributed by atoms with Crippen molar-refractivity contribution < 1.29 is 13.2 Å². The molecule has 1 aliphatic heterocycles. The van der Waals surface area contributed by atoms with E-state index >= 15 is 0 Å². The number of likely N-dealkylation sites (N-methyl/N-ethyl adjacent to an activating group) is 1. The fraction of sp³-hybridized carbons (Fsp3) is 0.462. The van der Waals surface area contributed by atoms with Crippen molar-refractivity contribution in [2.45, 2.75) is 25.8 Å². The minimum absolute atomic E-state index is 0.0504. The number of nitrogens with one attached hydrogen (secondary N) is 1. The third kappa shape index (κ3) is 2.45. The average Bonchev–Trinajstić information content (AvgIpc) is 2.77. The molecular formula is C13H18N2O3S. The molecule has 0 fully saturated rings. The van der Waals surface area contributed by atoms with Crippen LogP contribution in [-0.2, 0) is 21.2 Å². The molecule has 0 saturated carbocycles. The average molecular weight is 282 g/mol. The van der Waals surface area contributed by atoms with E-state index in [-0.39, 0.29) is 11.7 Å². The standard InChI is InChI=1S/C13H18N2O3S/c1-3-8-19(17,18)15-11-7-5-4-6-10(11)9-12(15)13(16)14-2/h4-7,12H,3,8-9H2,1-2H3,(H,14,16). The molecule has 1 N–H and O–H groups in total. The molecule has 1 aromatic rings. The number of hydrogen-bond donors (Lipinski definition) is 1. The lowest BCUT2D eigenvalue weighted by Gasteiger charge is -2.25. The van der Waals surface area contributed by atoms with Crippen molar-refractivity contribution in [1.82, 2.24) is 5.32 Å². The van der Waals surface area contributed by atoms with Crippen molar-refractivity contribution in [2.75, 3.05) is 17.1 Å². The molecule has 1 aliphatic rings. The molecule has 0 spiro atoms. The second-order valence-corrected chi connectivity index (χ2v) is 6.54. The zero-order valence-corrected chi connectivity index (χ0v) is 11.9. The van der Waals surface area contributed by atoms with Crippen LogP contribution in [0.5, 0.6) is 0 Å². The van der Waals surface area contributed by atoms with Crippen LogP contribution in [0.15, 0.2) is 24.3 Å². The van der Waals surface area contributed by atoms with Crippen LogP contribution >= 0.6 is 0 Å². The highest BCUT2D eigenvalue weighted by atomic mass is 32.2. The van der Waals surface area contributed by atoms with Gasteiger partial charge in [-0.05, 0) is 18.1 Å². The summed E-state index contributed by atoms with van der Waals surface area (Å²) < 4.78 is 26.0. The highest BCUT2D eigenvalue weighted by Crippen LogP contribution is 2.34. The van der Waals surface area contributed by atoms with Crippen molar-refractivity contribution in [3.05, 3.63) is 29.8 Å². The molecule has 0 aromatic heterocycles. The lowest BCUT2D eigenvalue weighted by Crippen LogP contribution is -2.47. The summed E-state index contributed by atoms with van der Waals surface area (Å²) in [4.78, 5) is 11.9. The van der Waals surface area contributed by atoms with E-state index in [1.807, 2.05) is 19.1 Å². The Labute approximate surface area is 113 Å². The number of amides is 1. The molecule has 0 radical (unpaired) electrons. The van der Waals surface area contributed by atoms with Crippen molar-refractivity contribution in [3.8, 4) is 0 Å². The molecule has 1 aromatic carbocycles. The lowest BCUT2D eigenvalue weighted by molar-refractivity contribution is -0.121. The number of anilines is 1. The molecule has 19 heavy (non-hydrogen) atoms. The minimum Gasteiger partial charge on any atom is -0.357 e. The Morgan fingerprint density at radius 1 is 1.42 bits per heavy atom. The quantitative estimate of drug-likeness (QED) is 0.892. The zero-order valence-electron chi connectivity index (χ0n) is 11.1. The monoisotopic (exact) mass is 282 g/mol. The largest absolute Gasteiger partial charge is 0.357 e. The Hall–Kier alpha value is -1.56. The van der Waals surface area contributed by atoms with Gasteiger partial charge in [-0.1, -0.05) is 25.1 Å². The molecule has 1 heterocycles. The molecule has 0 aliphatic carbocycles. The van der Waals surface area contributed by atoms with Crippen LogP contribution in [0, 0.1) is 0 Å². The summed E-state index contributed by atoms with van der Waals surface area (Å²) >= 11 is 0. The normalized spacial score (nSPS) is 18.2. The predicted octanol–water partition coefficient (Wildman–Crippen LogP) is 0.903. The number of sulfonamides is 1. The number of carbonyl (C=O) groups is 1. The first kappa shape index (κ1) is 13.9. The summed E-state index contributed by atoms with van der Waals surface area (Å²) in [5.41, 5.74) is 1.53. The van der Waals surface area contributed by atoms with Crippen LogP contribution < -0.4 is 9.62 Å².